The zero-order chi connectivity index (χ0) is 17.1. The van der Waals surface area contributed by atoms with Crippen LogP contribution in [-0.4, -0.2) is 25.8 Å². The molecule has 2 fully saturated rings. The SMILES string of the molecule is Clc1ccccc1-c1ccc(N(CCC2CCOCC2)C2CC2)cc1. The Morgan fingerprint density at radius 2 is 1.64 bits per heavy atom. The highest BCUT2D eigenvalue weighted by Crippen LogP contribution is 2.35. The van der Waals surface area contributed by atoms with Gasteiger partial charge in [-0.2, -0.15) is 0 Å². The summed E-state index contributed by atoms with van der Waals surface area (Å²) in [4.78, 5) is 2.62. The number of anilines is 1. The first-order valence-corrected chi connectivity index (χ1v) is 9.88. The van der Waals surface area contributed by atoms with Crippen LogP contribution >= 0.6 is 11.6 Å². The lowest BCUT2D eigenvalue weighted by molar-refractivity contribution is 0.0644. The number of benzene rings is 2. The molecule has 0 N–H and O–H groups in total. The molecule has 1 saturated carbocycles. The minimum atomic E-state index is 0.742. The fourth-order valence-corrected chi connectivity index (χ4v) is 4.04. The summed E-state index contributed by atoms with van der Waals surface area (Å²) in [5, 5.41) is 0.814. The smallest absolute Gasteiger partial charge is 0.0484 e. The summed E-state index contributed by atoms with van der Waals surface area (Å²) in [5.74, 6) is 0.831. The van der Waals surface area contributed by atoms with Crippen LogP contribution < -0.4 is 4.90 Å². The van der Waals surface area contributed by atoms with Gasteiger partial charge < -0.3 is 9.64 Å². The predicted octanol–water partition coefficient (Wildman–Crippen LogP) is 5.79. The van der Waals surface area contributed by atoms with E-state index in [4.69, 9.17) is 16.3 Å². The van der Waals surface area contributed by atoms with Gasteiger partial charge in [-0.05, 0) is 61.8 Å². The van der Waals surface area contributed by atoms with Gasteiger partial charge >= 0.3 is 0 Å². The summed E-state index contributed by atoms with van der Waals surface area (Å²) in [6.07, 6.45) is 6.40. The van der Waals surface area contributed by atoms with Crippen LogP contribution in [-0.2, 0) is 4.74 Å². The summed E-state index contributed by atoms with van der Waals surface area (Å²) in [6.45, 7) is 3.06. The molecule has 1 aliphatic carbocycles. The summed E-state index contributed by atoms with van der Waals surface area (Å²) in [6, 6.07) is 17.7. The van der Waals surface area contributed by atoms with Gasteiger partial charge in [0, 0.05) is 42.1 Å². The third kappa shape index (κ3) is 4.19. The molecule has 1 saturated heterocycles. The normalized spacial score (nSPS) is 18.3. The van der Waals surface area contributed by atoms with Crippen molar-refractivity contribution in [3.8, 4) is 11.1 Å². The molecule has 1 aliphatic heterocycles. The van der Waals surface area contributed by atoms with Gasteiger partial charge in [0.1, 0.15) is 0 Å². The minimum Gasteiger partial charge on any atom is -0.381 e. The van der Waals surface area contributed by atoms with Crippen LogP contribution in [0.1, 0.15) is 32.1 Å². The number of halogens is 1. The number of hydrogen-bond donors (Lipinski definition) is 0. The zero-order valence-corrected chi connectivity index (χ0v) is 15.4. The Morgan fingerprint density at radius 1 is 0.920 bits per heavy atom. The number of nitrogens with zero attached hydrogens (tertiary/aromatic N) is 1. The summed E-state index contributed by atoms with van der Waals surface area (Å²) < 4.78 is 5.49. The number of hydrogen-bond acceptors (Lipinski definition) is 2. The van der Waals surface area contributed by atoms with Gasteiger partial charge in [-0.3, -0.25) is 0 Å². The molecule has 25 heavy (non-hydrogen) atoms. The van der Waals surface area contributed by atoms with E-state index in [0.717, 1.165) is 35.8 Å². The maximum Gasteiger partial charge on any atom is 0.0484 e. The molecule has 0 amide bonds. The second-order valence-corrected chi connectivity index (χ2v) is 7.70. The van der Waals surface area contributed by atoms with Gasteiger partial charge in [0.05, 0.1) is 0 Å². The van der Waals surface area contributed by atoms with E-state index in [-0.39, 0.29) is 0 Å². The van der Waals surface area contributed by atoms with E-state index in [2.05, 4.69) is 35.2 Å². The Morgan fingerprint density at radius 3 is 2.32 bits per heavy atom. The molecule has 3 heteroatoms. The highest BCUT2D eigenvalue weighted by Gasteiger charge is 2.29. The van der Waals surface area contributed by atoms with Crippen LogP contribution in [0.4, 0.5) is 5.69 Å². The zero-order valence-electron chi connectivity index (χ0n) is 14.7. The van der Waals surface area contributed by atoms with E-state index < -0.39 is 0 Å². The van der Waals surface area contributed by atoms with Crippen molar-refractivity contribution < 1.29 is 4.74 Å². The molecule has 132 valence electrons. The second kappa shape index (κ2) is 7.80. The summed E-state index contributed by atoms with van der Waals surface area (Å²) in [7, 11) is 0. The van der Waals surface area contributed by atoms with Crippen LogP contribution in [0.25, 0.3) is 11.1 Å². The third-order valence-corrected chi connectivity index (χ3v) is 5.82. The van der Waals surface area contributed by atoms with Crippen LogP contribution in [0.5, 0.6) is 0 Å². The van der Waals surface area contributed by atoms with Gasteiger partial charge in [-0.15, -0.1) is 0 Å². The average Bonchev–Trinajstić information content (AvgIpc) is 3.49. The van der Waals surface area contributed by atoms with Gasteiger partial charge in [-0.25, -0.2) is 0 Å². The molecule has 0 radical (unpaired) electrons. The molecule has 0 atom stereocenters. The first kappa shape index (κ1) is 16.9. The number of rotatable bonds is 6. The molecule has 0 aromatic heterocycles. The molecule has 2 aromatic carbocycles. The van der Waals surface area contributed by atoms with Crippen molar-refractivity contribution in [1.82, 2.24) is 0 Å². The molecule has 0 unspecified atom stereocenters. The molecular weight excluding hydrogens is 330 g/mol. The van der Waals surface area contributed by atoms with Crippen molar-refractivity contribution in [3.63, 3.8) is 0 Å². The Balaban J connectivity index is 1.45. The molecule has 2 aromatic rings. The fourth-order valence-electron chi connectivity index (χ4n) is 3.79. The summed E-state index contributed by atoms with van der Waals surface area (Å²) in [5.41, 5.74) is 3.65. The highest BCUT2D eigenvalue weighted by atomic mass is 35.5. The largest absolute Gasteiger partial charge is 0.381 e. The first-order valence-electron chi connectivity index (χ1n) is 9.50. The van der Waals surface area contributed by atoms with Crippen LogP contribution in [0.3, 0.4) is 0 Å². The van der Waals surface area contributed by atoms with E-state index in [1.807, 2.05) is 18.2 Å². The quantitative estimate of drug-likeness (QED) is 0.650. The Hall–Kier alpha value is -1.51. The molecule has 0 spiro atoms. The van der Waals surface area contributed by atoms with Gasteiger partial charge in [0.25, 0.3) is 0 Å². The van der Waals surface area contributed by atoms with Crippen molar-refractivity contribution in [2.75, 3.05) is 24.7 Å². The summed E-state index contributed by atoms with van der Waals surface area (Å²) >= 11 is 6.34. The molecular formula is C22H26ClNO. The topological polar surface area (TPSA) is 12.5 Å². The number of ether oxygens (including phenoxy) is 1. The monoisotopic (exact) mass is 355 g/mol. The van der Waals surface area contributed by atoms with Gasteiger partial charge in [0.2, 0.25) is 0 Å². The molecule has 1 heterocycles. The van der Waals surface area contributed by atoms with Gasteiger partial charge in [-0.1, -0.05) is 41.9 Å². The Kier molecular flexibility index (Phi) is 5.28. The molecule has 2 aliphatic rings. The first-order chi connectivity index (χ1) is 12.3. The average molecular weight is 356 g/mol. The lowest BCUT2D eigenvalue weighted by atomic mass is 9.96. The van der Waals surface area contributed by atoms with Crippen molar-refractivity contribution in [3.05, 3.63) is 53.6 Å². The van der Waals surface area contributed by atoms with Crippen molar-refractivity contribution in [2.24, 2.45) is 5.92 Å². The maximum absolute atomic E-state index is 6.34. The Labute approximate surface area is 155 Å². The van der Waals surface area contributed by atoms with E-state index in [1.165, 1.54) is 49.9 Å². The van der Waals surface area contributed by atoms with E-state index in [0.29, 0.717) is 0 Å². The third-order valence-electron chi connectivity index (χ3n) is 5.49. The van der Waals surface area contributed by atoms with Crippen molar-refractivity contribution in [1.29, 1.82) is 0 Å². The second-order valence-electron chi connectivity index (χ2n) is 7.30. The maximum atomic E-state index is 6.34. The lowest BCUT2D eigenvalue weighted by Crippen LogP contribution is -2.29. The fraction of sp³-hybridized carbons (Fsp3) is 0.455. The predicted molar refractivity (Wildman–Crippen MR) is 105 cm³/mol. The minimum absolute atomic E-state index is 0.742. The Bertz CT molecular complexity index is 689. The van der Waals surface area contributed by atoms with E-state index >= 15 is 0 Å². The molecule has 4 rings (SSSR count). The van der Waals surface area contributed by atoms with E-state index in [1.54, 1.807) is 0 Å². The standard InChI is InChI=1S/C22H26ClNO/c23-22-4-2-1-3-21(22)18-5-7-19(8-6-18)24(20-9-10-20)14-11-17-12-15-25-16-13-17/h1-8,17,20H,9-16H2. The van der Waals surface area contributed by atoms with Crippen LogP contribution in [0, 0.1) is 5.92 Å². The van der Waals surface area contributed by atoms with Crippen LogP contribution in [0.15, 0.2) is 48.5 Å². The van der Waals surface area contributed by atoms with Crippen LogP contribution in [0.2, 0.25) is 5.02 Å². The lowest BCUT2D eigenvalue weighted by Gasteiger charge is -2.29. The highest BCUT2D eigenvalue weighted by molar-refractivity contribution is 6.33. The van der Waals surface area contributed by atoms with Gasteiger partial charge in [0.15, 0.2) is 0 Å². The van der Waals surface area contributed by atoms with E-state index in [9.17, 15) is 0 Å². The molecule has 2 nitrogen and oxygen atoms in total. The van der Waals surface area contributed by atoms with Crippen molar-refractivity contribution in [2.45, 2.75) is 38.1 Å². The molecule has 0 bridgehead atoms. The van der Waals surface area contributed by atoms with Crippen molar-refractivity contribution >= 4 is 17.3 Å².